The van der Waals surface area contributed by atoms with Crippen molar-refractivity contribution in [2.24, 2.45) is 5.92 Å². The van der Waals surface area contributed by atoms with Crippen molar-refractivity contribution >= 4 is 22.1 Å². The Morgan fingerprint density at radius 3 is 2.31 bits per heavy atom. The highest BCUT2D eigenvalue weighted by atomic mass is 32.2. The molecule has 0 aliphatic rings. The van der Waals surface area contributed by atoms with Gasteiger partial charge in [-0.15, -0.1) is 0 Å². The van der Waals surface area contributed by atoms with Crippen molar-refractivity contribution in [3.63, 3.8) is 0 Å². The molecular weight excluding hydrogens is 350 g/mol. The zero-order chi connectivity index (χ0) is 18.8. The number of carbonyl (C=O) groups excluding carboxylic acids is 1. The largest absolute Gasteiger partial charge is 0.466 e. The average molecular weight is 373 g/mol. The van der Waals surface area contributed by atoms with Crippen molar-refractivity contribution in [3.8, 4) is 0 Å². The van der Waals surface area contributed by atoms with E-state index < -0.39 is 21.9 Å². The van der Waals surface area contributed by atoms with E-state index in [9.17, 15) is 13.2 Å². The van der Waals surface area contributed by atoms with Gasteiger partial charge >= 0.3 is 5.97 Å². The van der Waals surface area contributed by atoms with Gasteiger partial charge in [-0.25, -0.2) is 13.1 Å². The number of sulfonamides is 1. The molecule has 0 aliphatic heterocycles. The first kappa shape index (κ1) is 19.9. The summed E-state index contributed by atoms with van der Waals surface area (Å²) in [7, 11) is -3.65. The van der Waals surface area contributed by atoms with E-state index in [0.29, 0.717) is 6.42 Å². The van der Waals surface area contributed by atoms with Crippen LogP contribution in [0.15, 0.2) is 66.1 Å². The molecular formula is C20H23NO4S. The van der Waals surface area contributed by atoms with Crippen LogP contribution in [0.1, 0.15) is 18.1 Å². The Morgan fingerprint density at radius 2 is 1.69 bits per heavy atom. The predicted octanol–water partition coefficient (Wildman–Crippen LogP) is 3.00. The van der Waals surface area contributed by atoms with Crippen molar-refractivity contribution in [2.75, 3.05) is 13.2 Å². The van der Waals surface area contributed by atoms with Gasteiger partial charge in [0.25, 0.3) is 0 Å². The average Bonchev–Trinajstić information content (AvgIpc) is 2.65. The number of carbonyl (C=O) groups is 1. The summed E-state index contributed by atoms with van der Waals surface area (Å²) in [5.74, 6) is -0.997. The molecule has 1 atom stereocenters. The lowest BCUT2D eigenvalue weighted by atomic mass is 10.00. The summed E-state index contributed by atoms with van der Waals surface area (Å²) >= 11 is 0. The molecule has 0 amide bonds. The van der Waals surface area contributed by atoms with E-state index in [4.69, 9.17) is 4.74 Å². The van der Waals surface area contributed by atoms with Gasteiger partial charge in [-0.3, -0.25) is 4.79 Å². The fourth-order valence-corrected chi connectivity index (χ4v) is 3.26. The highest BCUT2D eigenvalue weighted by Crippen LogP contribution is 2.11. The standard InChI is InChI=1S/C20H23NO4S/c1-2-25-20(22)19(15-18-11-7-4-8-12-18)16-21-26(23,24)14-13-17-9-5-3-6-10-17/h3-14,19,21H,2,15-16H2,1H3/b14-13+. The maximum Gasteiger partial charge on any atom is 0.310 e. The van der Waals surface area contributed by atoms with Crippen LogP contribution in [0.2, 0.25) is 0 Å². The van der Waals surface area contributed by atoms with Gasteiger partial charge in [0.1, 0.15) is 0 Å². The third-order valence-electron chi connectivity index (χ3n) is 3.71. The van der Waals surface area contributed by atoms with Crippen LogP contribution in [0.4, 0.5) is 0 Å². The predicted molar refractivity (Wildman–Crippen MR) is 103 cm³/mol. The van der Waals surface area contributed by atoms with E-state index in [-0.39, 0.29) is 13.2 Å². The van der Waals surface area contributed by atoms with Crippen LogP contribution in [0, 0.1) is 5.92 Å². The summed E-state index contributed by atoms with van der Waals surface area (Å²) in [5.41, 5.74) is 1.73. The molecule has 0 saturated heterocycles. The van der Waals surface area contributed by atoms with E-state index >= 15 is 0 Å². The minimum absolute atomic E-state index is 0.0187. The molecule has 0 bridgehead atoms. The van der Waals surface area contributed by atoms with Crippen LogP contribution in [0.25, 0.3) is 6.08 Å². The molecule has 0 spiro atoms. The Labute approximate surface area is 154 Å². The van der Waals surface area contributed by atoms with Crippen LogP contribution in [-0.2, 0) is 26.0 Å². The maximum absolute atomic E-state index is 12.2. The molecule has 26 heavy (non-hydrogen) atoms. The van der Waals surface area contributed by atoms with E-state index in [1.165, 1.54) is 6.08 Å². The Hall–Kier alpha value is -2.44. The number of ether oxygens (including phenoxy) is 1. The van der Waals surface area contributed by atoms with Gasteiger partial charge in [0, 0.05) is 12.0 Å². The van der Waals surface area contributed by atoms with Gasteiger partial charge in [0.05, 0.1) is 12.5 Å². The highest BCUT2D eigenvalue weighted by molar-refractivity contribution is 7.92. The zero-order valence-electron chi connectivity index (χ0n) is 14.7. The molecule has 138 valence electrons. The molecule has 0 saturated carbocycles. The second kappa shape index (κ2) is 9.89. The summed E-state index contributed by atoms with van der Waals surface area (Å²) in [6.07, 6.45) is 1.92. The van der Waals surface area contributed by atoms with E-state index in [2.05, 4.69) is 4.72 Å². The number of hydrogen-bond acceptors (Lipinski definition) is 4. The summed E-state index contributed by atoms with van der Waals surface area (Å²) in [6.45, 7) is 1.96. The second-order valence-electron chi connectivity index (χ2n) is 5.75. The molecule has 5 nitrogen and oxygen atoms in total. The fraction of sp³-hybridized carbons (Fsp3) is 0.250. The van der Waals surface area contributed by atoms with Crippen LogP contribution < -0.4 is 4.72 Å². The lowest BCUT2D eigenvalue weighted by Gasteiger charge is -2.16. The third-order valence-corrected chi connectivity index (χ3v) is 4.78. The summed E-state index contributed by atoms with van der Waals surface area (Å²) in [6, 6.07) is 18.6. The first-order valence-corrected chi connectivity index (χ1v) is 9.98. The van der Waals surface area contributed by atoms with Crippen LogP contribution >= 0.6 is 0 Å². The summed E-state index contributed by atoms with van der Waals surface area (Å²) in [4.78, 5) is 12.2. The van der Waals surface area contributed by atoms with Crippen molar-refractivity contribution in [1.29, 1.82) is 0 Å². The second-order valence-corrected chi connectivity index (χ2v) is 7.40. The smallest absolute Gasteiger partial charge is 0.310 e. The van der Waals surface area contributed by atoms with Crippen molar-refractivity contribution in [3.05, 3.63) is 77.2 Å². The molecule has 0 radical (unpaired) electrons. The quantitative estimate of drug-likeness (QED) is 0.686. The topological polar surface area (TPSA) is 72.5 Å². The Kier molecular flexibility index (Phi) is 7.56. The molecule has 0 heterocycles. The van der Waals surface area contributed by atoms with E-state index in [1.54, 1.807) is 6.92 Å². The molecule has 1 unspecified atom stereocenters. The number of rotatable bonds is 9. The molecule has 2 rings (SSSR count). The maximum atomic E-state index is 12.2. The number of nitrogens with one attached hydrogen (secondary N) is 1. The molecule has 0 aromatic heterocycles. The molecule has 1 N–H and O–H groups in total. The minimum atomic E-state index is -3.65. The highest BCUT2D eigenvalue weighted by Gasteiger charge is 2.22. The SMILES string of the molecule is CCOC(=O)C(CNS(=O)(=O)/C=C/c1ccccc1)Cc1ccccc1. The first-order valence-electron chi connectivity index (χ1n) is 8.43. The third kappa shape index (κ3) is 6.82. The normalized spacial score (nSPS) is 12.8. The lowest BCUT2D eigenvalue weighted by molar-refractivity contribution is -0.147. The first-order chi connectivity index (χ1) is 12.5. The van der Waals surface area contributed by atoms with Gasteiger partial charge in [-0.2, -0.15) is 0 Å². The summed E-state index contributed by atoms with van der Waals surface area (Å²) < 4.78 is 31.9. The van der Waals surface area contributed by atoms with Gasteiger partial charge in [0.2, 0.25) is 10.0 Å². The van der Waals surface area contributed by atoms with Gasteiger partial charge in [0.15, 0.2) is 0 Å². The monoisotopic (exact) mass is 373 g/mol. The molecule has 2 aromatic rings. The van der Waals surface area contributed by atoms with E-state index in [1.807, 2.05) is 60.7 Å². The van der Waals surface area contributed by atoms with Gasteiger partial charge in [-0.05, 0) is 30.5 Å². The van der Waals surface area contributed by atoms with E-state index in [0.717, 1.165) is 16.5 Å². The van der Waals surface area contributed by atoms with Gasteiger partial charge < -0.3 is 4.74 Å². The number of benzene rings is 2. The Balaban J connectivity index is 2.02. The zero-order valence-corrected chi connectivity index (χ0v) is 15.5. The Bertz CT molecular complexity index is 817. The van der Waals surface area contributed by atoms with Crippen LogP contribution in [0.5, 0.6) is 0 Å². The van der Waals surface area contributed by atoms with Crippen LogP contribution in [0.3, 0.4) is 0 Å². The van der Waals surface area contributed by atoms with Crippen LogP contribution in [-0.4, -0.2) is 27.5 Å². The lowest BCUT2D eigenvalue weighted by Crippen LogP contribution is -2.34. The van der Waals surface area contributed by atoms with Crippen molar-refractivity contribution in [1.82, 2.24) is 4.72 Å². The molecule has 2 aromatic carbocycles. The Morgan fingerprint density at radius 1 is 1.08 bits per heavy atom. The molecule has 0 fully saturated rings. The molecule has 6 heteroatoms. The fourth-order valence-electron chi connectivity index (χ4n) is 2.39. The van der Waals surface area contributed by atoms with Crippen molar-refractivity contribution in [2.45, 2.75) is 13.3 Å². The van der Waals surface area contributed by atoms with Gasteiger partial charge in [-0.1, -0.05) is 60.7 Å². The summed E-state index contributed by atoms with van der Waals surface area (Å²) in [5, 5.41) is 1.10. The number of hydrogen-bond donors (Lipinski definition) is 1. The van der Waals surface area contributed by atoms with Crippen molar-refractivity contribution < 1.29 is 17.9 Å². The number of esters is 1. The minimum Gasteiger partial charge on any atom is -0.466 e. The molecule has 0 aliphatic carbocycles.